The molecule has 0 amide bonds. The van der Waals surface area contributed by atoms with Crippen molar-refractivity contribution in [2.45, 2.75) is 26.8 Å². The van der Waals surface area contributed by atoms with E-state index >= 15 is 0 Å². The van der Waals surface area contributed by atoms with E-state index in [0.29, 0.717) is 6.61 Å². The SMILES string of the molecule is CCNCc1ccc(OC)cc1OCCc1scnc1C. The number of hydrogen-bond acceptors (Lipinski definition) is 5. The summed E-state index contributed by atoms with van der Waals surface area (Å²) in [5.41, 5.74) is 4.13. The van der Waals surface area contributed by atoms with Crippen LogP contribution in [0.5, 0.6) is 11.5 Å². The minimum Gasteiger partial charge on any atom is -0.497 e. The molecule has 2 aromatic rings. The molecule has 1 aromatic carbocycles. The lowest BCUT2D eigenvalue weighted by molar-refractivity contribution is 0.315. The normalized spacial score (nSPS) is 10.6. The van der Waals surface area contributed by atoms with Gasteiger partial charge in [0.25, 0.3) is 0 Å². The molecule has 0 spiro atoms. The molecule has 0 radical (unpaired) electrons. The van der Waals surface area contributed by atoms with Crippen LogP contribution in [0.2, 0.25) is 0 Å². The van der Waals surface area contributed by atoms with Crippen molar-refractivity contribution in [2.24, 2.45) is 0 Å². The van der Waals surface area contributed by atoms with Gasteiger partial charge in [0.05, 0.1) is 24.9 Å². The summed E-state index contributed by atoms with van der Waals surface area (Å²) in [6, 6.07) is 5.97. The van der Waals surface area contributed by atoms with Gasteiger partial charge in [0.15, 0.2) is 0 Å². The maximum absolute atomic E-state index is 5.96. The second-order valence-corrected chi connectivity index (χ2v) is 5.65. The van der Waals surface area contributed by atoms with E-state index in [-0.39, 0.29) is 0 Å². The smallest absolute Gasteiger partial charge is 0.127 e. The van der Waals surface area contributed by atoms with Crippen LogP contribution in [-0.4, -0.2) is 25.2 Å². The van der Waals surface area contributed by atoms with Crippen LogP contribution >= 0.6 is 11.3 Å². The maximum Gasteiger partial charge on any atom is 0.127 e. The highest BCUT2D eigenvalue weighted by Crippen LogP contribution is 2.25. The van der Waals surface area contributed by atoms with E-state index in [0.717, 1.165) is 42.3 Å². The third-order valence-electron chi connectivity index (χ3n) is 3.27. The van der Waals surface area contributed by atoms with Gasteiger partial charge < -0.3 is 14.8 Å². The number of aromatic nitrogens is 1. The van der Waals surface area contributed by atoms with E-state index < -0.39 is 0 Å². The van der Waals surface area contributed by atoms with Crippen LogP contribution in [0, 0.1) is 6.92 Å². The second kappa shape index (κ2) is 8.00. The molecule has 1 aromatic heterocycles. The number of thiazole rings is 1. The quantitative estimate of drug-likeness (QED) is 0.813. The summed E-state index contributed by atoms with van der Waals surface area (Å²) < 4.78 is 11.2. The van der Waals surface area contributed by atoms with Crippen LogP contribution in [0.3, 0.4) is 0 Å². The molecule has 114 valence electrons. The standard InChI is InChI=1S/C16H22N2O2S/c1-4-17-10-13-5-6-14(19-3)9-15(13)20-8-7-16-12(2)18-11-21-16/h5-6,9,11,17H,4,7-8,10H2,1-3H3. The fraction of sp³-hybridized carbons (Fsp3) is 0.438. The third kappa shape index (κ3) is 4.44. The van der Waals surface area contributed by atoms with Crippen molar-refractivity contribution in [1.82, 2.24) is 10.3 Å². The maximum atomic E-state index is 5.96. The Bertz CT molecular complexity index is 569. The van der Waals surface area contributed by atoms with Crippen molar-refractivity contribution in [3.8, 4) is 11.5 Å². The summed E-state index contributed by atoms with van der Waals surface area (Å²) in [4.78, 5) is 5.54. The molecule has 1 heterocycles. The number of nitrogens with zero attached hydrogens (tertiary/aromatic N) is 1. The first-order valence-corrected chi connectivity index (χ1v) is 8.02. The summed E-state index contributed by atoms with van der Waals surface area (Å²) >= 11 is 1.68. The van der Waals surface area contributed by atoms with Gasteiger partial charge >= 0.3 is 0 Å². The minimum atomic E-state index is 0.648. The predicted octanol–water partition coefficient (Wildman–Crippen LogP) is 3.19. The molecule has 0 unspecified atom stereocenters. The Labute approximate surface area is 130 Å². The van der Waals surface area contributed by atoms with Gasteiger partial charge in [-0.2, -0.15) is 0 Å². The Hall–Kier alpha value is -1.59. The number of aryl methyl sites for hydroxylation is 1. The fourth-order valence-corrected chi connectivity index (χ4v) is 2.78. The Morgan fingerprint density at radius 2 is 2.19 bits per heavy atom. The number of rotatable bonds is 8. The molecule has 21 heavy (non-hydrogen) atoms. The van der Waals surface area contributed by atoms with Gasteiger partial charge in [-0.25, -0.2) is 4.98 Å². The molecule has 2 rings (SSSR count). The zero-order chi connectivity index (χ0) is 15.1. The second-order valence-electron chi connectivity index (χ2n) is 4.71. The van der Waals surface area contributed by atoms with Gasteiger partial charge in [0.2, 0.25) is 0 Å². The zero-order valence-corrected chi connectivity index (χ0v) is 13.6. The highest BCUT2D eigenvalue weighted by atomic mass is 32.1. The fourth-order valence-electron chi connectivity index (χ4n) is 2.02. The van der Waals surface area contributed by atoms with Gasteiger partial charge in [-0.1, -0.05) is 13.0 Å². The molecule has 1 N–H and O–H groups in total. The predicted molar refractivity (Wildman–Crippen MR) is 86.4 cm³/mol. The van der Waals surface area contributed by atoms with Crippen molar-refractivity contribution < 1.29 is 9.47 Å². The first-order valence-electron chi connectivity index (χ1n) is 7.14. The van der Waals surface area contributed by atoms with Crippen molar-refractivity contribution in [3.05, 3.63) is 39.8 Å². The summed E-state index contributed by atoms with van der Waals surface area (Å²) in [7, 11) is 1.67. The largest absolute Gasteiger partial charge is 0.497 e. The molecule has 5 heteroatoms. The van der Waals surface area contributed by atoms with Crippen molar-refractivity contribution in [2.75, 3.05) is 20.3 Å². The van der Waals surface area contributed by atoms with E-state index in [1.165, 1.54) is 4.88 Å². The summed E-state index contributed by atoms with van der Waals surface area (Å²) in [6.07, 6.45) is 0.883. The summed E-state index contributed by atoms with van der Waals surface area (Å²) in [5.74, 6) is 1.71. The molecule has 0 fully saturated rings. The lowest BCUT2D eigenvalue weighted by Gasteiger charge is -2.13. The number of ether oxygens (including phenoxy) is 2. The van der Waals surface area contributed by atoms with Crippen LogP contribution in [0.15, 0.2) is 23.7 Å². The molecular weight excluding hydrogens is 284 g/mol. The van der Waals surface area contributed by atoms with E-state index in [9.17, 15) is 0 Å². The molecule has 4 nitrogen and oxygen atoms in total. The van der Waals surface area contributed by atoms with Crippen molar-refractivity contribution in [1.29, 1.82) is 0 Å². The highest BCUT2D eigenvalue weighted by Gasteiger charge is 2.07. The number of hydrogen-bond donors (Lipinski definition) is 1. The topological polar surface area (TPSA) is 43.4 Å². The van der Waals surface area contributed by atoms with Crippen molar-refractivity contribution >= 4 is 11.3 Å². The molecular formula is C16H22N2O2S. The van der Waals surface area contributed by atoms with Crippen LogP contribution in [-0.2, 0) is 13.0 Å². The lowest BCUT2D eigenvalue weighted by Crippen LogP contribution is -2.13. The van der Waals surface area contributed by atoms with Crippen LogP contribution in [0.25, 0.3) is 0 Å². The number of methoxy groups -OCH3 is 1. The molecule has 0 bridgehead atoms. The Morgan fingerprint density at radius 3 is 2.86 bits per heavy atom. The van der Waals surface area contributed by atoms with Gasteiger partial charge in [-0.15, -0.1) is 11.3 Å². The van der Waals surface area contributed by atoms with Gasteiger partial charge in [0.1, 0.15) is 11.5 Å². The number of benzene rings is 1. The van der Waals surface area contributed by atoms with Crippen molar-refractivity contribution in [3.63, 3.8) is 0 Å². The summed E-state index contributed by atoms with van der Waals surface area (Å²) in [5, 5.41) is 3.33. The average Bonchev–Trinajstić information content (AvgIpc) is 2.91. The number of nitrogens with one attached hydrogen (secondary N) is 1. The average molecular weight is 306 g/mol. The highest BCUT2D eigenvalue weighted by molar-refractivity contribution is 7.09. The minimum absolute atomic E-state index is 0.648. The van der Waals surface area contributed by atoms with E-state index in [1.54, 1.807) is 18.4 Å². The van der Waals surface area contributed by atoms with Gasteiger partial charge in [-0.3, -0.25) is 0 Å². The molecule has 0 saturated carbocycles. The molecule has 0 saturated heterocycles. The molecule has 0 aliphatic heterocycles. The van der Waals surface area contributed by atoms with Crippen LogP contribution < -0.4 is 14.8 Å². The first kappa shape index (κ1) is 15.8. The molecule has 0 atom stereocenters. The molecule has 0 aliphatic carbocycles. The van der Waals surface area contributed by atoms with Crippen LogP contribution in [0.4, 0.5) is 0 Å². The van der Waals surface area contributed by atoms with E-state index in [4.69, 9.17) is 9.47 Å². The summed E-state index contributed by atoms with van der Waals surface area (Å²) in [6.45, 7) is 6.51. The van der Waals surface area contributed by atoms with E-state index in [1.807, 2.05) is 24.6 Å². The third-order valence-corrected chi connectivity index (χ3v) is 4.27. The Kier molecular flexibility index (Phi) is 6.02. The van der Waals surface area contributed by atoms with Gasteiger partial charge in [-0.05, 0) is 19.5 Å². The lowest BCUT2D eigenvalue weighted by atomic mass is 10.2. The van der Waals surface area contributed by atoms with Gasteiger partial charge in [0, 0.05) is 29.5 Å². The zero-order valence-electron chi connectivity index (χ0n) is 12.8. The van der Waals surface area contributed by atoms with Crippen LogP contribution in [0.1, 0.15) is 23.1 Å². The Morgan fingerprint density at radius 1 is 1.33 bits per heavy atom. The monoisotopic (exact) mass is 306 g/mol. The van der Waals surface area contributed by atoms with E-state index in [2.05, 4.69) is 23.3 Å². The Balaban J connectivity index is 2.00. The molecule has 0 aliphatic rings. The first-order chi connectivity index (χ1) is 10.2.